The highest BCUT2D eigenvalue weighted by molar-refractivity contribution is 5.85. The maximum absolute atomic E-state index is 12.1. The molecule has 22 heavy (non-hydrogen) atoms. The lowest BCUT2D eigenvalue weighted by Crippen LogP contribution is -2.37. The summed E-state index contributed by atoms with van der Waals surface area (Å²) >= 11 is 0. The Morgan fingerprint density at radius 3 is 2.68 bits per heavy atom. The minimum atomic E-state index is 0. The average Bonchev–Trinajstić information content (AvgIpc) is 2.54. The Kier molecular flexibility index (Phi) is 8.06. The fourth-order valence-corrected chi connectivity index (χ4v) is 2.52. The second-order valence-corrected chi connectivity index (χ2v) is 5.16. The Bertz CT molecular complexity index is 476. The highest BCUT2D eigenvalue weighted by Gasteiger charge is 2.20. The first kappa shape index (κ1) is 18.6. The van der Waals surface area contributed by atoms with E-state index in [1.54, 1.807) is 7.11 Å². The van der Waals surface area contributed by atoms with Gasteiger partial charge in [-0.1, -0.05) is 6.07 Å². The van der Waals surface area contributed by atoms with Crippen molar-refractivity contribution in [3.05, 3.63) is 23.8 Å². The van der Waals surface area contributed by atoms with Crippen molar-refractivity contribution in [1.82, 2.24) is 10.6 Å². The summed E-state index contributed by atoms with van der Waals surface area (Å²) in [6, 6.07) is 5.74. The van der Waals surface area contributed by atoms with Crippen LogP contribution in [0.15, 0.2) is 18.2 Å². The molecule has 5 nitrogen and oxygen atoms in total. The van der Waals surface area contributed by atoms with Crippen molar-refractivity contribution in [2.45, 2.75) is 26.3 Å². The summed E-state index contributed by atoms with van der Waals surface area (Å²) in [7, 11) is 1.62. The van der Waals surface area contributed by atoms with Crippen LogP contribution in [-0.2, 0) is 11.3 Å². The topological polar surface area (TPSA) is 59.6 Å². The van der Waals surface area contributed by atoms with E-state index in [1.165, 1.54) is 0 Å². The summed E-state index contributed by atoms with van der Waals surface area (Å²) in [5.41, 5.74) is 1.02. The van der Waals surface area contributed by atoms with Crippen molar-refractivity contribution in [2.75, 3.05) is 26.8 Å². The van der Waals surface area contributed by atoms with E-state index in [0.29, 0.717) is 24.7 Å². The van der Waals surface area contributed by atoms with Crippen molar-refractivity contribution in [3.63, 3.8) is 0 Å². The standard InChI is InChI=1S/C16H24N2O3.ClH/c1-3-21-15-10-12(4-5-14(15)20-2)11-18-16(19)13-6-8-17-9-7-13;/h4-5,10,13,17H,3,6-9,11H2,1-2H3,(H,18,19);1H. The molecule has 1 aromatic carbocycles. The van der Waals surface area contributed by atoms with Gasteiger partial charge in [0.1, 0.15) is 0 Å². The van der Waals surface area contributed by atoms with Gasteiger partial charge in [0.2, 0.25) is 5.91 Å². The number of amides is 1. The number of halogens is 1. The molecule has 0 spiro atoms. The first-order valence-corrected chi connectivity index (χ1v) is 7.52. The van der Waals surface area contributed by atoms with Crippen LogP contribution in [0.5, 0.6) is 11.5 Å². The van der Waals surface area contributed by atoms with Gasteiger partial charge in [-0.3, -0.25) is 4.79 Å². The molecule has 0 atom stereocenters. The minimum absolute atomic E-state index is 0. The van der Waals surface area contributed by atoms with Gasteiger partial charge in [0.05, 0.1) is 13.7 Å². The molecular formula is C16H25ClN2O3. The van der Waals surface area contributed by atoms with E-state index in [2.05, 4.69) is 10.6 Å². The molecule has 0 unspecified atom stereocenters. The number of carbonyl (C=O) groups is 1. The molecule has 2 N–H and O–H groups in total. The second-order valence-electron chi connectivity index (χ2n) is 5.16. The summed E-state index contributed by atoms with van der Waals surface area (Å²) in [6.07, 6.45) is 1.83. The number of ether oxygens (including phenoxy) is 2. The molecule has 1 aliphatic heterocycles. The maximum atomic E-state index is 12.1. The zero-order chi connectivity index (χ0) is 15.1. The SMILES string of the molecule is CCOc1cc(CNC(=O)C2CCNCC2)ccc1OC.Cl. The lowest BCUT2D eigenvalue weighted by atomic mass is 9.97. The van der Waals surface area contributed by atoms with Crippen molar-refractivity contribution < 1.29 is 14.3 Å². The largest absolute Gasteiger partial charge is 0.493 e. The van der Waals surface area contributed by atoms with E-state index in [-0.39, 0.29) is 24.2 Å². The van der Waals surface area contributed by atoms with Gasteiger partial charge in [-0.05, 0) is 50.6 Å². The number of hydrogen-bond donors (Lipinski definition) is 2. The Labute approximate surface area is 138 Å². The van der Waals surface area contributed by atoms with E-state index in [4.69, 9.17) is 9.47 Å². The molecule has 0 bridgehead atoms. The predicted octanol–water partition coefficient (Wildman–Crippen LogP) is 2.13. The van der Waals surface area contributed by atoms with E-state index < -0.39 is 0 Å². The summed E-state index contributed by atoms with van der Waals surface area (Å²) in [4.78, 5) is 12.1. The van der Waals surface area contributed by atoms with Gasteiger partial charge in [-0.15, -0.1) is 12.4 Å². The summed E-state index contributed by atoms with van der Waals surface area (Å²) in [5.74, 6) is 1.71. The van der Waals surface area contributed by atoms with Gasteiger partial charge < -0.3 is 20.1 Å². The molecule has 1 fully saturated rings. The molecule has 0 saturated carbocycles. The summed E-state index contributed by atoms with van der Waals surface area (Å²) in [5, 5.41) is 6.28. The zero-order valence-corrected chi connectivity index (χ0v) is 14.0. The molecule has 1 aromatic rings. The molecule has 0 radical (unpaired) electrons. The van der Waals surface area contributed by atoms with Crippen LogP contribution < -0.4 is 20.1 Å². The minimum Gasteiger partial charge on any atom is -0.493 e. The summed E-state index contributed by atoms with van der Waals surface area (Å²) < 4.78 is 10.8. The van der Waals surface area contributed by atoms with Crippen molar-refractivity contribution in [3.8, 4) is 11.5 Å². The number of rotatable bonds is 6. The third kappa shape index (κ3) is 5.07. The predicted molar refractivity (Wildman–Crippen MR) is 88.9 cm³/mol. The van der Waals surface area contributed by atoms with E-state index >= 15 is 0 Å². The molecule has 0 aliphatic carbocycles. The Hall–Kier alpha value is -1.46. The third-order valence-electron chi connectivity index (χ3n) is 3.70. The van der Waals surface area contributed by atoms with Crippen LogP contribution in [0.4, 0.5) is 0 Å². The lowest BCUT2D eigenvalue weighted by molar-refractivity contribution is -0.125. The second kappa shape index (κ2) is 9.54. The molecule has 0 aromatic heterocycles. The lowest BCUT2D eigenvalue weighted by Gasteiger charge is -2.21. The number of piperidine rings is 1. The van der Waals surface area contributed by atoms with E-state index in [9.17, 15) is 4.79 Å². The Morgan fingerprint density at radius 2 is 2.05 bits per heavy atom. The molecule has 124 valence electrons. The smallest absolute Gasteiger partial charge is 0.223 e. The van der Waals surface area contributed by atoms with Gasteiger partial charge in [0.25, 0.3) is 0 Å². The maximum Gasteiger partial charge on any atom is 0.223 e. The molecule has 6 heteroatoms. The average molecular weight is 329 g/mol. The van der Waals surface area contributed by atoms with Crippen LogP contribution in [0.25, 0.3) is 0 Å². The Morgan fingerprint density at radius 1 is 1.32 bits per heavy atom. The van der Waals surface area contributed by atoms with Crippen LogP contribution in [-0.4, -0.2) is 32.7 Å². The first-order valence-electron chi connectivity index (χ1n) is 7.52. The number of benzene rings is 1. The summed E-state index contributed by atoms with van der Waals surface area (Å²) in [6.45, 7) is 4.89. The zero-order valence-electron chi connectivity index (χ0n) is 13.2. The van der Waals surface area contributed by atoms with Crippen molar-refractivity contribution >= 4 is 18.3 Å². The molecule has 2 rings (SSSR count). The highest BCUT2D eigenvalue weighted by Crippen LogP contribution is 2.28. The normalized spacial score (nSPS) is 14.8. The number of methoxy groups -OCH3 is 1. The monoisotopic (exact) mass is 328 g/mol. The fourth-order valence-electron chi connectivity index (χ4n) is 2.52. The van der Waals surface area contributed by atoms with Crippen LogP contribution in [0.3, 0.4) is 0 Å². The van der Waals surface area contributed by atoms with Gasteiger partial charge in [0, 0.05) is 12.5 Å². The van der Waals surface area contributed by atoms with Crippen molar-refractivity contribution in [2.24, 2.45) is 5.92 Å². The van der Waals surface area contributed by atoms with Crippen LogP contribution in [0.1, 0.15) is 25.3 Å². The Balaban J connectivity index is 0.00000242. The van der Waals surface area contributed by atoms with Crippen LogP contribution >= 0.6 is 12.4 Å². The fraction of sp³-hybridized carbons (Fsp3) is 0.562. The molecule has 1 heterocycles. The number of nitrogens with one attached hydrogen (secondary N) is 2. The first-order chi connectivity index (χ1) is 10.2. The molecule has 1 amide bonds. The third-order valence-corrected chi connectivity index (χ3v) is 3.70. The quantitative estimate of drug-likeness (QED) is 0.840. The number of hydrogen-bond acceptors (Lipinski definition) is 4. The van der Waals surface area contributed by atoms with Gasteiger partial charge in [-0.2, -0.15) is 0 Å². The highest BCUT2D eigenvalue weighted by atomic mass is 35.5. The van der Waals surface area contributed by atoms with Crippen LogP contribution in [0, 0.1) is 5.92 Å². The molecular weight excluding hydrogens is 304 g/mol. The molecule has 1 aliphatic rings. The van der Waals surface area contributed by atoms with E-state index in [0.717, 1.165) is 31.5 Å². The van der Waals surface area contributed by atoms with Crippen LogP contribution in [0.2, 0.25) is 0 Å². The number of carbonyl (C=O) groups excluding carboxylic acids is 1. The van der Waals surface area contributed by atoms with E-state index in [1.807, 2.05) is 25.1 Å². The van der Waals surface area contributed by atoms with Gasteiger partial charge in [0.15, 0.2) is 11.5 Å². The molecule has 1 saturated heterocycles. The van der Waals surface area contributed by atoms with Gasteiger partial charge in [-0.25, -0.2) is 0 Å². The van der Waals surface area contributed by atoms with Gasteiger partial charge >= 0.3 is 0 Å². The van der Waals surface area contributed by atoms with Crippen molar-refractivity contribution in [1.29, 1.82) is 0 Å².